The summed E-state index contributed by atoms with van der Waals surface area (Å²) in [5.74, 6) is 3.22. The van der Waals surface area contributed by atoms with E-state index >= 15 is 0 Å². The Bertz CT molecular complexity index is 984. The van der Waals surface area contributed by atoms with Crippen LogP contribution >= 0.6 is 0 Å². The number of nitrogens with zero attached hydrogens (tertiary/aromatic N) is 1. The van der Waals surface area contributed by atoms with Gasteiger partial charge < -0.3 is 13.9 Å². The van der Waals surface area contributed by atoms with Crippen LogP contribution in [0.5, 0.6) is 11.5 Å². The van der Waals surface area contributed by atoms with Gasteiger partial charge >= 0.3 is 0 Å². The zero-order chi connectivity index (χ0) is 18.5. The number of rotatable bonds is 3. The fraction of sp³-hybridized carbons (Fsp3) is 0.364. The molecule has 0 spiro atoms. The number of benzene rings is 2. The van der Waals surface area contributed by atoms with Crippen LogP contribution in [0, 0.1) is 5.92 Å². The Hall–Kier alpha value is -2.54. The van der Waals surface area contributed by atoms with Crippen molar-refractivity contribution in [1.82, 2.24) is 15.8 Å². The number of nitrogens with one attached hydrogen (secondary N) is 2. The van der Waals surface area contributed by atoms with Crippen molar-refractivity contribution < 1.29 is 13.9 Å². The summed E-state index contributed by atoms with van der Waals surface area (Å²) in [5.41, 5.74) is 9.24. The lowest BCUT2D eigenvalue weighted by molar-refractivity contribution is 0.140. The summed E-state index contributed by atoms with van der Waals surface area (Å²) >= 11 is 0. The van der Waals surface area contributed by atoms with E-state index in [4.69, 9.17) is 13.9 Å². The number of hydrogen-bond acceptors (Lipinski definition) is 6. The van der Waals surface area contributed by atoms with Gasteiger partial charge in [0.15, 0.2) is 11.5 Å². The van der Waals surface area contributed by atoms with Crippen LogP contribution < -0.4 is 20.3 Å². The van der Waals surface area contributed by atoms with Gasteiger partial charge in [0.1, 0.15) is 11.3 Å². The van der Waals surface area contributed by atoms with Crippen LogP contribution in [-0.4, -0.2) is 30.8 Å². The van der Waals surface area contributed by atoms with Crippen molar-refractivity contribution in [2.45, 2.75) is 25.0 Å². The van der Waals surface area contributed by atoms with Gasteiger partial charge in [0.05, 0.1) is 12.6 Å². The third-order valence-corrected chi connectivity index (χ3v) is 6.21. The first-order chi connectivity index (χ1) is 13.8. The number of likely N-dealkylation sites (tertiary alicyclic amines) is 1. The van der Waals surface area contributed by atoms with Gasteiger partial charge in [-0.2, -0.15) is 0 Å². The van der Waals surface area contributed by atoms with Crippen LogP contribution in [0.15, 0.2) is 52.9 Å². The van der Waals surface area contributed by atoms with Crippen LogP contribution in [-0.2, 0) is 6.54 Å². The van der Waals surface area contributed by atoms with E-state index < -0.39 is 0 Å². The molecule has 6 rings (SSSR count). The predicted molar refractivity (Wildman–Crippen MR) is 105 cm³/mol. The molecule has 0 amide bonds. The molecule has 0 radical (unpaired) electrons. The second-order valence-electron chi connectivity index (χ2n) is 7.92. The summed E-state index contributed by atoms with van der Waals surface area (Å²) < 4.78 is 17.1. The zero-order valence-corrected chi connectivity index (χ0v) is 15.6. The molecule has 0 aliphatic carbocycles. The molecular formula is C22H23N3O3. The number of hydrogen-bond donors (Lipinski definition) is 2. The maximum absolute atomic E-state index is 6.04. The topological polar surface area (TPSA) is 58.9 Å². The molecule has 0 bridgehead atoms. The Morgan fingerprint density at radius 1 is 1.00 bits per heavy atom. The van der Waals surface area contributed by atoms with E-state index in [2.05, 4.69) is 46.1 Å². The second kappa shape index (κ2) is 6.51. The van der Waals surface area contributed by atoms with E-state index in [9.17, 15) is 0 Å². The summed E-state index contributed by atoms with van der Waals surface area (Å²) in [4.78, 5) is 2.51. The monoisotopic (exact) mass is 377 g/mol. The van der Waals surface area contributed by atoms with Crippen molar-refractivity contribution in [3.05, 3.63) is 59.9 Å². The quantitative estimate of drug-likeness (QED) is 0.731. The Morgan fingerprint density at radius 2 is 1.93 bits per heavy atom. The minimum atomic E-state index is 0.262. The van der Waals surface area contributed by atoms with Crippen molar-refractivity contribution >= 4 is 11.0 Å². The van der Waals surface area contributed by atoms with Crippen LogP contribution in [0.4, 0.5) is 0 Å². The molecule has 3 atom stereocenters. The SMILES string of the molecule is c1ccc2oc(CN3CCC4NNC(c5ccc6c(c5)OCO6)C4C3)cc2c1. The van der Waals surface area contributed by atoms with Gasteiger partial charge in [-0.1, -0.05) is 24.3 Å². The largest absolute Gasteiger partial charge is 0.460 e. The van der Waals surface area contributed by atoms with E-state index in [1.807, 2.05) is 18.2 Å². The number of hydrazine groups is 1. The van der Waals surface area contributed by atoms with Gasteiger partial charge in [-0.15, -0.1) is 0 Å². The molecule has 3 aliphatic rings. The van der Waals surface area contributed by atoms with E-state index in [-0.39, 0.29) is 6.04 Å². The van der Waals surface area contributed by atoms with Gasteiger partial charge in [-0.05, 0) is 36.2 Å². The third kappa shape index (κ3) is 2.76. The highest BCUT2D eigenvalue weighted by Gasteiger charge is 2.40. The zero-order valence-electron chi connectivity index (χ0n) is 15.6. The molecule has 2 aromatic carbocycles. The molecule has 3 aliphatic heterocycles. The van der Waals surface area contributed by atoms with E-state index in [0.29, 0.717) is 18.8 Å². The molecule has 144 valence electrons. The van der Waals surface area contributed by atoms with Gasteiger partial charge in [0.2, 0.25) is 6.79 Å². The molecule has 2 saturated heterocycles. The molecule has 2 N–H and O–H groups in total. The molecule has 28 heavy (non-hydrogen) atoms. The third-order valence-electron chi connectivity index (χ3n) is 6.21. The minimum absolute atomic E-state index is 0.262. The Balaban J connectivity index is 1.21. The maximum Gasteiger partial charge on any atom is 0.231 e. The summed E-state index contributed by atoms with van der Waals surface area (Å²) in [6, 6.07) is 17.4. The number of fused-ring (bicyclic) bond motifs is 3. The highest BCUT2D eigenvalue weighted by Crippen LogP contribution is 2.39. The number of para-hydroxylation sites is 1. The second-order valence-corrected chi connectivity index (χ2v) is 7.92. The van der Waals surface area contributed by atoms with Gasteiger partial charge in [0.25, 0.3) is 0 Å². The van der Waals surface area contributed by atoms with Gasteiger partial charge in [-0.3, -0.25) is 10.3 Å². The highest BCUT2D eigenvalue weighted by molar-refractivity contribution is 5.77. The summed E-state index contributed by atoms with van der Waals surface area (Å²) in [5, 5.41) is 1.18. The summed E-state index contributed by atoms with van der Waals surface area (Å²) in [6.45, 7) is 3.26. The number of piperidine rings is 1. The van der Waals surface area contributed by atoms with Crippen molar-refractivity contribution in [3.63, 3.8) is 0 Å². The smallest absolute Gasteiger partial charge is 0.231 e. The highest BCUT2D eigenvalue weighted by atomic mass is 16.7. The lowest BCUT2D eigenvalue weighted by Crippen LogP contribution is -2.45. The molecule has 4 heterocycles. The first-order valence-corrected chi connectivity index (χ1v) is 9.94. The lowest BCUT2D eigenvalue weighted by atomic mass is 9.85. The standard InChI is InChI=1S/C22H23N3O3/c1-2-4-19-14(3-1)9-16(28-19)11-25-8-7-18-17(12-25)22(24-23-18)15-5-6-20-21(10-15)27-13-26-20/h1-6,9-10,17-18,22-24H,7-8,11-13H2. The Labute approximate surface area is 163 Å². The molecule has 1 aromatic heterocycles. The first-order valence-electron chi connectivity index (χ1n) is 9.94. The van der Waals surface area contributed by atoms with Gasteiger partial charge in [0, 0.05) is 30.4 Å². The van der Waals surface area contributed by atoms with Crippen LogP contribution in [0.3, 0.4) is 0 Å². The normalized spacial score (nSPS) is 26.6. The van der Waals surface area contributed by atoms with Crippen molar-refractivity contribution in [1.29, 1.82) is 0 Å². The average molecular weight is 377 g/mol. The molecule has 3 aromatic rings. The average Bonchev–Trinajstić information content (AvgIpc) is 3.44. The maximum atomic E-state index is 6.04. The Kier molecular flexibility index (Phi) is 3.82. The summed E-state index contributed by atoms with van der Waals surface area (Å²) in [6.07, 6.45) is 1.12. The minimum Gasteiger partial charge on any atom is -0.460 e. The summed E-state index contributed by atoms with van der Waals surface area (Å²) in [7, 11) is 0. The van der Waals surface area contributed by atoms with Crippen LogP contribution in [0.2, 0.25) is 0 Å². The van der Waals surface area contributed by atoms with Gasteiger partial charge in [-0.25, -0.2) is 5.43 Å². The Morgan fingerprint density at radius 3 is 2.89 bits per heavy atom. The molecule has 6 nitrogen and oxygen atoms in total. The fourth-order valence-corrected chi connectivity index (χ4v) is 4.79. The molecule has 2 fully saturated rings. The number of furan rings is 1. The predicted octanol–water partition coefficient (Wildman–Crippen LogP) is 3.20. The van der Waals surface area contributed by atoms with Crippen LogP contribution in [0.25, 0.3) is 11.0 Å². The van der Waals surface area contributed by atoms with E-state index in [1.54, 1.807) is 0 Å². The molecule has 6 heteroatoms. The number of ether oxygens (including phenoxy) is 2. The molecular weight excluding hydrogens is 354 g/mol. The van der Waals surface area contributed by atoms with E-state index in [0.717, 1.165) is 48.9 Å². The first kappa shape index (κ1) is 16.4. The molecule has 3 unspecified atom stereocenters. The molecule has 0 saturated carbocycles. The van der Waals surface area contributed by atoms with Crippen molar-refractivity contribution in [2.75, 3.05) is 19.9 Å². The van der Waals surface area contributed by atoms with E-state index in [1.165, 1.54) is 10.9 Å². The lowest BCUT2D eigenvalue weighted by Gasteiger charge is -2.35. The van der Waals surface area contributed by atoms with Crippen molar-refractivity contribution in [2.24, 2.45) is 5.92 Å². The van der Waals surface area contributed by atoms with Crippen LogP contribution in [0.1, 0.15) is 23.8 Å². The fourth-order valence-electron chi connectivity index (χ4n) is 4.79. The van der Waals surface area contributed by atoms with Crippen molar-refractivity contribution in [3.8, 4) is 11.5 Å².